The normalized spacial score (nSPS) is 18.0. The Labute approximate surface area is 118 Å². The molecule has 0 bridgehead atoms. The molecule has 0 atom stereocenters. The van der Waals surface area contributed by atoms with Crippen LogP contribution in [-0.2, 0) is 21.0 Å². The molecule has 2 rings (SSSR count). The number of carboxylic acids is 1. The number of hydrogen-bond acceptors (Lipinski definition) is 3. The zero-order chi connectivity index (χ0) is 15.9. The third-order valence-electron chi connectivity index (χ3n) is 3.42. The molecule has 1 saturated carbocycles. The first kappa shape index (κ1) is 15.8. The first-order chi connectivity index (χ1) is 9.57. The number of nitrogens with one attached hydrogen (secondary N) is 1. The maximum Gasteiger partial charge on any atom is 0.416 e. The van der Waals surface area contributed by atoms with Gasteiger partial charge in [-0.05, 0) is 37.5 Å². The van der Waals surface area contributed by atoms with Gasteiger partial charge in [-0.1, -0.05) is 6.07 Å². The molecule has 0 spiro atoms. The van der Waals surface area contributed by atoms with Crippen molar-refractivity contribution >= 4 is 16.0 Å². The van der Waals surface area contributed by atoms with Gasteiger partial charge < -0.3 is 5.11 Å². The average molecular weight is 323 g/mol. The molecule has 116 valence electrons. The summed E-state index contributed by atoms with van der Waals surface area (Å²) in [5.74, 6) is -1.33. The van der Waals surface area contributed by atoms with E-state index in [1.54, 1.807) is 0 Å². The van der Waals surface area contributed by atoms with Crippen LogP contribution in [0.5, 0.6) is 0 Å². The van der Waals surface area contributed by atoms with E-state index in [-0.39, 0.29) is 12.8 Å². The minimum atomic E-state index is -4.67. The van der Waals surface area contributed by atoms with Crippen LogP contribution >= 0.6 is 0 Å². The fourth-order valence-corrected chi connectivity index (χ4v) is 3.51. The van der Waals surface area contributed by atoms with E-state index in [0.717, 1.165) is 18.2 Å². The summed E-state index contributed by atoms with van der Waals surface area (Å²) in [6, 6.07) is 3.18. The summed E-state index contributed by atoms with van der Waals surface area (Å²) < 4.78 is 63.9. The van der Waals surface area contributed by atoms with Crippen LogP contribution in [0.25, 0.3) is 0 Å². The highest BCUT2D eigenvalue weighted by molar-refractivity contribution is 7.89. The van der Waals surface area contributed by atoms with Crippen molar-refractivity contribution in [3.63, 3.8) is 0 Å². The van der Waals surface area contributed by atoms with Gasteiger partial charge >= 0.3 is 12.1 Å². The second kappa shape index (κ2) is 4.99. The molecule has 0 saturated heterocycles. The van der Waals surface area contributed by atoms with Gasteiger partial charge in [0, 0.05) is 0 Å². The largest absolute Gasteiger partial charge is 0.480 e. The predicted molar refractivity (Wildman–Crippen MR) is 66.0 cm³/mol. The minimum absolute atomic E-state index is 0.112. The van der Waals surface area contributed by atoms with Crippen LogP contribution < -0.4 is 4.72 Å². The van der Waals surface area contributed by atoms with Gasteiger partial charge in [0.2, 0.25) is 10.0 Å². The molecular weight excluding hydrogens is 311 g/mol. The fourth-order valence-electron chi connectivity index (χ4n) is 2.05. The van der Waals surface area contributed by atoms with E-state index in [1.165, 1.54) is 0 Å². The summed E-state index contributed by atoms with van der Waals surface area (Å²) in [5.41, 5.74) is -2.73. The number of rotatable bonds is 4. The Morgan fingerprint density at radius 1 is 1.29 bits per heavy atom. The summed E-state index contributed by atoms with van der Waals surface area (Å²) >= 11 is 0. The van der Waals surface area contributed by atoms with Crippen molar-refractivity contribution in [1.29, 1.82) is 0 Å². The number of hydrogen-bond donors (Lipinski definition) is 2. The van der Waals surface area contributed by atoms with Crippen LogP contribution in [0.4, 0.5) is 13.2 Å². The lowest BCUT2D eigenvalue weighted by atomic mass is 9.78. The average Bonchev–Trinajstić information content (AvgIpc) is 2.32. The Morgan fingerprint density at radius 3 is 2.33 bits per heavy atom. The number of aliphatic carboxylic acids is 1. The second-order valence-electron chi connectivity index (χ2n) is 4.87. The molecule has 1 aliphatic rings. The van der Waals surface area contributed by atoms with Crippen molar-refractivity contribution in [1.82, 2.24) is 4.72 Å². The Balaban J connectivity index is 2.34. The van der Waals surface area contributed by atoms with Crippen LogP contribution in [0, 0.1) is 0 Å². The Kier molecular flexibility index (Phi) is 3.75. The highest BCUT2D eigenvalue weighted by Gasteiger charge is 2.47. The summed E-state index contributed by atoms with van der Waals surface area (Å²) in [4.78, 5) is 10.5. The van der Waals surface area contributed by atoms with Gasteiger partial charge in [-0.15, -0.1) is 0 Å². The molecule has 2 N–H and O–H groups in total. The molecule has 0 aromatic heterocycles. The van der Waals surface area contributed by atoms with Gasteiger partial charge in [0.25, 0.3) is 0 Å². The molecule has 0 aliphatic heterocycles. The zero-order valence-corrected chi connectivity index (χ0v) is 11.5. The topological polar surface area (TPSA) is 83.5 Å². The molecule has 0 radical (unpaired) electrons. The lowest BCUT2D eigenvalue weighted by molar-refractivity contribution is -0.147. The Bertz CT molecular complexity index is 665. The third kappa shape index (κ3) is 3.03. The Morgan fingerprint density at radius 2 is 1.90 bits per heavy atom. The zero-order valence-electron chi connectivity index (χ0n) is 10.6. The number of halogens is 3. The fraction of sp³-hybridized carbons (Fsp3) is 0.417. The molecule has 0 heterocycles. The quantitative estimate of drug-likeness (QED) is 0.887. The summed E-state index contributed by atoms with van der Waals surface area (Å²) in [7, 11) is -4.34. The van der Waals surface area contributed by atoms with Crippen LogP contribution in [0.2, 0.25) is 0 Å². The van der Waals surface area contributed by atoms with Crippen molar-refractivity contribution in [2.75, 3.05) is 0 Å². The van der Waals surface area contributed by atoms with Gasteiger partial charge in [-0.2, -0.15) is 17.9 Å². The lowest BCUT2D eigenvalue weighted by Gasteiger charge is -2.37. The molecule has 1 aliphatic carbocycles. The molecule has 5 nitrogen and oxygen atoms in total. The van der Waals surface area contributed by atoms with Crippen molar-refractivity contribution in [3.8, 4) is 0 Å². The van der Waals surface area contributed by atoms with E-state index in [9.17, 15) is 26.4 Å². The number of sulfonamides is 1. The highest BCUT2D eigenvalue weighted by Crippen LogP contribution is 2.35. The third-order valence-corrected chi connectivity index (χ3v) is 4.95. The number of benzene rings is 1. The van der Waals surface area contributed by atoms with Crippen LogP contribution in [-0.4, -0.2) is 25.0 Å². The molecule has 0 amide bonds. The second-order valence-corrected chi connectivity index (χ2v) is 6.55. The van der Waals surface area contributed by atoms with E-state index < -0.39 is 38.2 Å². The SMILES string of the molecule is O=C(O)C1(NS(=O)(=O)c2cccc(C(F)(F)F)c2)CCC1. The van der Waals surface area contributed by atoms with Crippen molar-refractivity contribution in [2.24, 2.45) is 0 Å². The first-order valence-electron chi connectivity index (χ1n) is 6.01. The summed E-state index contributed by atoms with van der Waals surface area (Å²) in [6.07, 6.45) is -3.91. The van der Waals surface area contributed by atoms with E-state index in [0.29, 0.717) is 12.5 Å². The Hall–Kier alpha value is -1.61. The first-order valence-corrected chi connectivity index (χ1v) is 7.50. The van der Waals surface area contributed by atoms with Gasteiger partial charge in [0.05, 0.1) is 10.5 Å². The highest BCUT2D eigenvalue weighted by atomic mass is 32.2. The van der Waals surface area contributed by atoms with Crippen LogP contribution in [0.1, 0.15) is 24.8 Å². The lowest BCUT2D eigenvalue weighted by Crippen LogP contribution is -2.58. The van der Waals surface area contributed by atoms with Gasteiger partial charge in [0.15, 0.2) is 0 Å². The summed E-state index contributed by atoms with van der Waals surface area (Å²) in [5, 5.41) is 9.07. The van der Waals surface area contributed by atoms with Crippen molar-refractivity contribution < 1.29 is 31.5 Å². The molecule has 21 heavy (non-hydrogen) atoms. The molecular formula is C12H12F3NO4S. The van der Waals surface area contributed by atoms with Gasteiger partial charge in [-0.25, -0.2) is 8.42 Å². The van der Waals surface area contributed by atoms with E-state index in [1.807, 2.05) is 4.72 Å². The predicted octanol–water partition coefficient (Wildman–Crippen LogP) is 1.99. The number of carbonyl (C=O) groups is 1. The van der Waals surface area contributed by atoms with Gasteiger partial charge in [-0.3, -0.25) is 4.79 Å². The van der Waals surface area contributed by atoms with Gasteiger partial charge in [0.1, 0.15) is 5.54 Å². The molecule has 9 heteroatoms. The monoisotopic (exact) mass is 323 g/mol. The van der Waals surface area contributed by atoms with Crippen molar-refractivity contribution in [2.45, 2.75) is 35.9 Å². The number of carboxylic acid groups (broad SMARTS) is 1. The summed E-state index contributed by atoms with van der Waals surface area (Å²) in [6.45, 7) is 0. The van der Waals surface area contributed by atoms with E-state index in [4.69, 9.17) is 5.11 Å². The standard InChI is InChI=1S/C12H12F3NO4S/c13-12(14,15)8-3-1-4-9(7-8)21(19,20)16-11(10(17)18)5-2-6-11/h1,3-4,7,16H,2,5-6H2,(H,17,18). The minimum Gasteiger partial charge on any atom is -0.480 e. The molecule has 1 fully saturated rings. The van der Waals surface area contributed by atoms with Crippen LogP contribution in [0.3, 0.4) is 0 Å². The molecule has 1 aromatic rings. The smallest absolute Gasteiger partial charge is 0.416 e. The van der Waals surface area contributed by atoms with Crippen LogP contribution in [0.15, 0.2) is 29.2 Å². The maximum absolute atomic E-state index is 12.6. The van der Waals surface area contributed by atoms with Crippen molar-refractivity contribution in [3.05, 3.63) is 29.8 Å². The molecule has 1 aromatic carbocycles. The van der Waals surface area contributed by atoms with E-state index in [2.05, 4.69) is 0 Å². The number of alkyl halides is 3. The maximum atomic E-state index is 12.6. The van der Waals surface area contributed by atoms with E-state index >= 15 is 0 Å². The molecule has 0 unspecified atom stereocenters.